The maximum Gasteiger partial charge on any atom is 0.269 e. The van der Waals surface area contributed by atoms with Gasteiger partial charge in [0, 0.05) is 11.3 Å². The summed E-state index contributed by atoms with van der Waals surface area (Å²) in [5, 5.41) is 0. The maximum atomic E-state index is 14.0. The van der Waals surface area contributed by atoms with Crippen LogP contribution in [-0.4, -0.2) is 17.6 Å². The van der Waals surface area contributed by atoms with Crippen LogP contribution in [-0.2, 0) is 21.0 Å². The van der Waals surface area contributed by atoms with Crippen molar-refractivity contribution in [2.75, 3.05) is 15.6 Å². The summed E-state index contributed by atoms with van der Waals surface area (Å²) >= 11 is 1.42. The minimum Gasteiger partial charge on any atom is -0.304 e. The topological polar surface area (TPSA) is 40.6 Å². The van der Waals surface area contributed by atoms with Crippen molar-refractivity contribution in [2.45, 2.75) is 25.3 Å². The molecular formula is C25H22N2O2S. The fourth-order valence-corrected chi connectivity index (χ4v) is 5.64. The Morgan fingerprint density at radius 1 is 0.867 bits per heavy atom. The fraction of sp³-hybridized carbons (Fsp3) is 0.200. The zero-order valence-electron chi connectivity index (χ0n) is 17.0. The molecule has 0 aromatic heterocycles. The highest BCUT2D eigenvalue weighted by Crippen LogP contribution is 2.55. The molecule has 0 radical (unpaired) electrons. The molecule has 4 nitrogen and oxygen atoms in total. The second kappa shape index (κ2) is 7.03. The van der Waals surface area contributed by atoms with Gasteiger partial charge in [0.05, 0.1) is 18.0 Å². The highest BCUT2D eigenvalue weighted by molar-refractivity contribution is 8.02. The lowest BCUT2D eigenvalue weighted by molar-refractivity contribution is -0.123. The summed E-state index contributed by atoms with van der Waals surface area (Å²) in [4.78, 5) is 29.5. The van der Waals surface area contributed by atoms with Crippen LogP contribution >= 0.6 is 11.8 Å². The Hall–Kier alpha value is -3.05. The van der Waals surface area contributed by atoms with Gasteiger partial charge < -0.3 is 4.90 Å². The van der Waals surface area contributed by atoms with Gasteiger partial charge in [-0.25, -0.2) is 0 Å². The van der Waals surface area contributed by atoms with E-state index in [0.717, 1.165) is 28.1 Å². The molecule has 0 bridgehead atoms. The van der Waals surface area contributed by atoms with Crippen molar-refractivity contribution >= 4 is 35.0 Å². The van der Waals surface area contributed by atoms with Gasteiger partial charge in [-0.2, -0.15) is 0 Å². The first kappa shape index (κ1) is 18.9. The Kier molecular flexibility index (Phi) is 4.44. The molecule has 150 valence electrons. The molecule has 0 aliphatic carbocycles. The van der Waals surface area contributed by atoms with Crippen molar-refractivity contribution in [1.82, 2.24) is 0 Å². The Bertz CT molecular complexity index is 1140. The van der Waals surface area contributed by atoms with Gasteiger partial charge >= 0.3 is 0 Å². The number of aryl methyl sites for hydroxylation is 2. The van der Waals surface area contributed by atoms with E-state index in [4.69, 9.17) is 0 Å². The number of rotatable bonds is 3. The molecule has 0 saturated carbocycles. The Balaban J connectivity index is 1.62. The van der Waals surface area contributed by atoms with Crippen LogP contribution in [0.5, 0.6) is 0 Å². The molecule has 1 atom stereocenters. The smallest absolute Gasteiger partial charge is 0.269 e. The van der Waals surface area contributed by atoms with Gasteiger partial charge in [-0.1, -0.05) is 65.7 Å². The number of hydrogen-bond donors (Lipinski definition) is 0. The molecule has 3 aromatic carbocycles. The fourth-order valence-electron chi connectivity index (χ4n) is 4.28. The molecule has 3 aromatic rings. The second-order valence-electron chi connectivity index (χ2n) is 7.89. The third-order valence-corrected chi connectivity index (χ3v) is 7.20. The summed E-state index contributed by atoms with van der Waals surface area (Å²) < 4.78 is 0. The molecule has 2 aliphatic rings. The normalized spacial score (nSPS) is 20.3. The summed E-state index contributed by atoms with van der Waals surface area (Å²) in [7, 11) is 0. The van der Waals surface area contributed by atoms with E-state index in [9.17, 15) is 9.59 Å². The van der Waals surface area contributed by atoms with Crippen molar-refractivity contribution in [3.63, 3.8) is 0 Å². The first-order valence-electron chi connectivity index (χ1n) is 10.0. The van der Waals surface area contributed by atoms with Gasteiger partial charge in [0.15, 0.2) is 0 Å². The molecule has 0 unspecified atom stereocenters. The number of amides is 2. The summed E-state index contributed by atoms with van der Waals surface area (Å²) in [6.07, 6.45) is 0. The number of hydrogen-bond acceptors (Lipinski definition) is 3. The van der Waals surface area contributed by atoms with E-state index in [-0.39, 0.29) is 17.6 Å². The summed E-state index contributed by atoms with van der Waals surface area (Å²) in [5.74, 6) is 0.191. The first-order chi connectivity index (χ1) is 14.5. The van der Waals surface area contributed by atoms with Crippen LogP contribution in [0.1, 0.15) is 22.3 Å². The number of fused-ring (bicyclic) bond motifs is 2. The van der Waals surface area contributed by atoms with Crippen LogP contribution in [0.3, 0.4) is 0 Å². The minimum atomic E-state index is -1.05. The number of carbonyl (C=O) groups excluding carboxylic acids is 2. The molecule has 2 heterocycles. The molecule has 1 spiro atoms. The van der Waals surface area contributed by atoms with Crippen LogP contribution in [0.15, 0.2) is 72.8 Å². The van der Waals surface area contributed by atoms with E-state index in [0.29, 0.717) is 6.54 Å². The second-order valence-corrected chi connectivity index (χ2v) is 9.06. The average molecular weight is 415 g/mol. The number of anilines is 2. The number of thioether (sulfide) groups is 1. The largest absolute Gasteiger partial charge is 0.304 e. The van der Waals surface area contributed by atoms with E-state index < -0.39 is 4.87 Å². The lowest BCUT2D eigenvalue weighted by Crippen LogP contribution is -2.49. The minimum absolute atomic E-state index is 0.0378. The molecule has 30 heavy (non-hydrogen) atoms. The summed E-state index contributed by atoms with van der Waals surface area (Å²) in [6.45, 7) is 4.54. The monoisotopic (exact) mass is 414 g/mol. The molecule has 1 fully saturated rings. The van der Waals surface area contributed by atoms with Crippen LogP contribution in [0.25, 0.3) is 0 Å². The van der Waals surface area contributed by atoms with Crippen LogP contribution in [0.4, 0.5) is 11.4 Å². The van der Waals surface area contributed by atoms with Crippen LogP contribution in [0, 0.1) is 13.8 Å². The van der Waals surface area contributed by atoms with Crippen LogP contribution < -0.4 is 9.80 Å². The molecule has 5 rings (SSSR count). The maximum absolute atomic E-state index is 14.0. The molecule has 0 N–H and O–H groups in total. The average Bonchev–Trinajstić information content (AvgIpc) is 3.22. The standard InChI is InChI=1S/C25H22N2O2S/c1-17-7-11-19(12-8-17)15-26-22-6-4-3-5-21(22)25(24(26)29)27(23(28)16-30-25)20-13-9-18(2)10-14-20/h3-14H,15-16H2,1-2H3/t25-/m1/s1. The van der Waals surface area contributed by atoms with Crippen molar-refractivity contribution in [2.24, 2.45) is 0 Å². The van der Waals surface area contributed by atoms with Gasteiger partial charge in [-0.15, -0.1) is 11.8 Å². The third kappa shape index (κ3) is 2.76. The van der Waals surface area contributed by atoms with Gasteiger partial charge in [0.25, 0.3) is 5.91 Å². The van der Waals surface area contributed by atoms with E-state index in [1.165, 1.54) is 17.3 Å². The first-order valence-corrected chi connectivity index (χ1v) is 11.0. The van der Waals surface area contributed by atoms with E-state index in [2.05, 4.69) is 31.2 Å². The van der Waals surface area contributed by atoms with Crippen molar-refractivity contribution in [3.8, 4) is 0 Å². The predicted octanol–water partition coefficient (Wildman–Crippen LogP) is 4.78. The van der Waals surface area contributed by atoms with Gasteiger partial charge in [-0.3, -0.25) is 14.5 Å². The van der Waals surface area contributed by atoms with Crippen molar-refractivity contribution in [3.05, 3.63) is 95.1 Å². The van der Waals surface area contributed by atoms with Gasteiger partial charge in [-0.05, 0) is 37.6 Å². The number of nitrogens with zero attached hydrogens (tertiary/aromatic N) is 2. The number of benzene rings is 3. The van der Waals surface area contributed by atoms with Crippen molar-refractivity contribution in [1.29, 1.82) is 0 Å². The van der Waals surface area contributed by atoms with Gasteiger partial charge in [0.1, 0.15) is 0 Å². The Labute approximate surface area is 180 Å². The highest BCUT2D eigenvalue weighted by atomic mass is 32.2. The number of para-hydroxylation sites is 1. The zero-order chi connectivity index (χ0) is 20.9. The van der Waals surface area contributed by atoms with E-state index >= 15 is 0 Å². The molecular weight excluding hydrogens is 392 g/mol. The highest BCUT2D eigenvalue weighted by Gasteiger charge is 2.60. The van der Waals surface area contributed by atoms with Crippen molar-refractivity contribution < 1.29 is 9.59 Å². The molecule has 2 amide bonds. The quantitative estimate of drug-likeness (QED) is 0.619. The SMILES string of the molecule is Cc1ccc(CN2C(=O)[C@]3(SCC(=O)N3c3ccc(C)cc3)c3ccccc32)cc1. The van der Waals surface area contributed by atoms with Crippen LogP contribution in [0.2, 0.25) is 0 Å². The molecule has 2 aliphatic heterocycles. The van der Waals surface area contributed by atoms with E-state index in [1.807, 2.05) is 60.4 Å². The lowest BCUT2D eigenvalue weighted by atomic mass is 10.0. The molecule has 5 heteroatoms. The Morgan fingerprint density at radius 2 is 1.50 bits per heavy atom. The number of carbonyl (C=O) groups is 2. The van der Waals surface area contributed by atoms with E-state index in [1.54, 1.807) is 4.90 Å². The third-order valence-electron chi connectivity index (χ3n) is 5.82. The zero-order valence-corrected chi connectivity index (χ0v) is 17.8. The van der Waals surface area contributed by atoms with Gasteiger partial charge in [0.2, 0.25) is 10.8 Å². The summed E-state index contributed by atoms with van der Waals surface area (Å²) in [5.41, 5.74) is 5.89. The predicted molar refractivity (Wildman–Crippen MR) is 122 cm³/mol. The Morgan fingerprint density at radius 3 is 2.20 bits per heavy atom. The lowest BCUT2D eigenvalue weighted by Gasteiger charge is -2.33. The summed E-state index contributed by atoms with van der Waals surface area (Å²) in [6, 6.07) is 23.9. The molecule has 1 saturated heterocycles.